The molecule has 4 rings (SSSR count). The standard InChI is InChI=1S/C23H27N5O4/c1-14-19(15(2)32-27-14)9-10-21(29)28-12-18(20(13-28)23-26-25-16(3)31-23)11-24-22(30)17-7-5-4-6-8-17/h4-8,18,20H,9-13H2,1-3H3,(H,24,30)/t18-,20-/m0/s1. The van der Waals surface area contributed by atoms with Gasteiger partial charge < -0.3 is 19.2 Å². The number of aryl methyl sites for hydroxylation is 3. The molecule has 9 heteroatoms. The fourth-order valence-corrected chi connectivity index (χ4v) is 4.19. The highest BCUT2D eigenvalue weighted by Crippen LogP contribution is 2.32. The first kappa shape index (κ1) is 21.7. The van der Waals surface area contributed by atoms with Crippen molar-refractivity contribution in [1.82, 2.24) is 25.6 Å². The number of hydrogen-bond acceptors (Lipinski definition) is 7. The van der Waals surface area contributed by atoms with E-state index >= 15 is 0 Å². The third-order valence-electron chi connectivity index (χ3n) is 5.98. The third-order valence-corrected chi connectivity index (χ3v) is 5.98. The van der Waals surface area contributed by atoms with Gasteiger partial charge in [-0.2, -0.15) is 0 Å². The number of amides is 2. The van der Waals surface area contributed by atoms with Gasteiger partial charge in [0.05, 0.1) is 11.6 Å². The molecule has 9 nitrogen and oxygen atoms in total. The van der Waals surface area contributed by atoms with E-state index in [2.05, 4.69) is 20.7 Å². The van der Waals surface area contributed by atoms with Crippen molar-refractivity contribution in [3.8, 4) is 0 Å². The maximum atomic E-state index is 13.0. The lowest BCUT2D eigenvalue weighted by atomic mass is 9.96. The highest BCUT2D eigenvalue weighted by atomic mass is 16.5. The van der Waals surface area contributed by atoms with Gasteiger partial charge in [0.15, 0.2) is 0 Å². The highest BCUT2D eigenvalue weighted by molar-refractivity contribution is 5.94. The van der Waals surface area contributed by atoms with Gasteiger partial charge in [0, 0.05) is 50.0 Å². The monoisotopic (exact) mass is 437 g/mol. The van der Waals surface area contributed by atoms with E-state index in [-0.39, 0.29) is 23.7 Å². The summed E-state index contributed by atoms with van der Waals surface area (Å²) in [7, 11) is 0. The summed E-state index contributed by atoms with van der Waals surface area (Å²) in [5, 5.41) is 15.1. The second-order valence-corrected chi connectivity index (χ2v) is 8.20. The number of hydrogen-bond donors (Lipinski definition) is 1. The summed E-state index contributed by atoms with van der Waals surface area (Å²) in [4.78, 5) is 27.3. The lowest BCUT2D eigenvalue weighted by molar-refractivity contribution is -0.130. The summed E-state index contributed by atoms with van der Waals surface area (Å²) >= 11 is 0. The zero-order chi connectivity index (χ0) is 22.7. The minimum absolute atomic E-state index is 0.0227. The number of rotatable bonds is 7. The Morgan fingerprint density at radius 3 is 2.56 bits per heavy atom. The van der Waals surface area contributed by atoms with Crippen molar-refractivity contribution in [1.29, 1.82) is 0 Å². The Bertz CT molecular complexity index is 1070. The van der Waals surface area contributed by atoms with Gasteiger partial charge >= 0.3 is 0 Å². The van der Waals surface area contributed by atoms with E-state index < -0.39 is 0 Å². The van der Waals surface area contributed by atoms with Gasteiger partial charge in [0.25, 0.3) is 5.91 Å². The van der Waals surface area contributed by atoms with Crippen LogP contribution in [0.5, 0.6) is 0 Å². The van der Waals surface area contributed by atoms with Crippen molar-refractivity contribution < 1.29 is 18.5 Å². The van der Waals surface area contributed by atoms with E-state index in [0.29, 0.717) is 49.8 Å². The average molecular weight is 438 g/mol. The first-order valence-electron chi connectivity index (χ1n) is 10.7. The first-order valence-corrected chi connectivity index (χ1v) is 10.7. The lowest BCUT2D eigenvalue weighted by Gasteiger charge is -2.17. The van der Waals surface area contributed by atoms with E-state index in [9.17, 15) is 9.59 Å². The molecule has 0 spiro atoms. The molecule has 0 unspecified atom stereocenters. The van der Waals surface area contributed by atoms with Crippen LogP contribution in [-0.2, 0) is 11.2 Å². The molecule has 1 N–H and O–H groups in total. The number of likely N-dealkylation sites (tertiary alicyclic amines) is 1. The Hall–Kier alpha value is -3.49. The predicted molar refractivity (Wildman–Crippen MR) is 115 cm³/mol. The van der Waals surface area contributed by atoms with Crippen molar-refractivity contribution in [2.75, 3.05) is 19.6 Å². The molecule has 2 aromatic heterocycles. The highest BCUT2D eigenvalue weighted by Gasteiger charge is 2.39. The Morgan fingerprint density at radius 1 is 1.12 bits per heavy atom. The molecule has 2 amide bonds. The molecule has 0 radical (unpaired) electrons. The van der Waals surface area contributed by atoms with Gasteiger partial charge in [-0.3, -0.25) is 9.59 Å². The molecule has 0 saturated carbocycles. The molecule has 1 aromatic carbocycles. The normalized spacial score (nSPS) is 18.2. The number of nitrogens with zero attached hydrogens (tertiary/aromatic N) is 4. The van der Waals surface area contributed by atoms with E-state index in [1.54, 1.807) is 19.1 Å². The predicted octanol–water partition coefficient (Wildman–Crippen LogP) is 2.59. The molecule has 3 heterocycles. The summed E-state index contributed by atoms with van der Waals surface area (Å²) in [5.74, 6) is 1.48. The van der Waals surface area contributed by atoms with Crippen LogP contribution in [0.15, 0.2) is 39.3 Å². The van der Waals surface area contributed by atoms with Crippen LogP contribution in [0.2, 0.25) is 0 Å². The van der Waals surface area contributed by atoms with Crippen molar-refractivity contribution in [3.05, 3.63) is 64.7 Å². The summed E-state index contributed by atoms with van der Waals surface area (Å²) in [6.07, 6.45) is 0.942. The molecule has 1 aliphatic heterocycles. The van der Waals surface area contributed by atoms with Gasteiger partial charge in [-0.15, -0.1) is 10.2 Å². The molecule has 2 atom stereocenters. The summed E-state index contributed by atoms with van der Waals surface area (Å²) in [6.45, 7) is 6.88. The topological polar surface area (TPSA) is 114 Å². The van der Waals surface area contributed by atoms with Crippen LogP contribution >= 0.6 is 0 Å². The Morgan fingerprint density at radius 2 is 1.91 bits per heavy atom. The summed E-state index contributed by atoms with van der Waals surface area (Å²) in [5.41, 5.74) is 2.40. The molecular weight excluding hydrogens is 410 g/mol. The molecule has 0 bridgehead atoms. The molecule has 168 valence electrons. The molecular formula is C23H27N5O4. The van der Waals surface area contributed by atoms with Crippen LogP contribution < -0.4 is 5.32 Å². The fourth-order valence-electron chi connectivity index (χ4n) is 4.19. The Balaban J connectivity index is 1.42. The Kier molecular flexibility index (Phi) is 6.34. The van der Waals surface area contributed by atoms with Crippen LogP contribution in [0.3, 0.4) is 0 Å². The van der Waals surface area contributed by atoms with E-state index in [1.807, 2.05) is 36.9 Å². The second-order valence-electron chi connectivity index (χ2n) is 8.20. The van der Waals surface area contributed by atoms with Gasteiger partial charge in [-0.25, -0.2) is 0 Å². The Labute approximate surface area is 186 Å². The number of benzene rings is 1. The summed E-state index contributed by atoms with van der Waals surface area (Å²) < 4.78 is 10.9. The van der Waals surface area contributed by atoms with Gasteiger partial charge in [0.2, 0.25) is 17.7 Å². The number of nitrogens with one attached hydrogen (secondary N) is 1. The van der Waals surface area contributed by atoms with Gasteiger partial charge in [0.1, 0.15) is 5.76 Å². The fraction of sp³-hybridized carbons (Fsp3) is 0.435. The molecule has 1 fully saturated rings. The van der Waals surface area contributed by atoms with Crippen molar-refractivity contribution >= 4 is 11.8 Å². The van der Waals surface area contributed by atoms with Gasteiger partial charge in [-0.1, -0.05) is 23.4 Å². The quantitative estimate of drug-likeness (QED) is 0.604. The largest absolute Gasteiger partial charge is 0.425 e. The number of aromatic nitrogens is 3. The minimum atomic E-state index is -0.144. The zero-order valence-electron chi connectivity index (χ0n) is 18.5. The SMILES string of the molecule is Cc1nnc([C@H]2CN(C(=O)CCc3c(C)noc3C)C[C@@H]2CNC(=O)c2ccccc2)o1. The maximum absolute atomic E-state index is 13.0. The van der Waals surface area contributed by atoms with Crippen LogP contribution in [0.4, 0.5) is 0 Å². The van der Waals surface area contributed by atoms with E-state index in [0.717, 1.165) is 17.0 Å². The molecule has 1 aliphatic rings. The van der Waals surface area contributed by atoms with Crippen LogP contribution in [-0.4, -0.2) is 51.7 Å². The third kappa shape index (κ3) is 4.71. The van der Waals surface area contributed by atoms with Crippen LogP contribution in [0.1, 0.15) is 51.5 Å². The van der Waals surface area contributed by atoms with Crippen LogP contribution in [0.25, 0.3) is 0 Å². The molecule has 32 heavy (non-hydrogen) atoms. The van der Waals surface area contributed by atoms with Gasteiger partial charge in [-0.05, 0) is 32.4 Å². The number of carbonyl (C=O) groups excluding carboxylic acids is 2. The van der Waals surface area contributed by atoms with Crippen molar-refractivity contribution in [3.63, 3.8) is 0 Å². The minimum Gasteiger partial charge on any atom is -0.425 e. The van der Waals surface area contributed by atoms with Crippen LogP contribution in [0, 0.1) is 26.7 Å². The van der Waals surface area contributed by atoms with Crippen molar-refractivity contribution in [2.45, 2.75) is 39.5 Å². The maximum Gasteiger partial charge on any atom is 0.251 e. The first-order chi connectivity index (χ1) is 15.4. The lowest BCUT2D eigenvalue weighted by Crippen LogP contribution is -2.33. The summed E-state index contributed by atoms with van der Waals surface area (Å²) in [6, 6.07) is 9.07. The smallest absolute Gasteiger partial charge is 0.251 e. The average Bonchev–Trinajstić information content (AvgIpc) is 3.50. The van der Waals surface area contributed by atoms with Crippen molar-refractivity contribution in [2.24, 2.45) is 5.92 Å². The zero-order valence-corrected chi connectivity index (χ0v) is 18.5. The molecule has 1 saturated heterocycles. The van der Waals surface area contributed by atoms with E-state index in [4.69, 9.17) is 8.94 Å². The molecule has 3 aromatic rings. The number of carbonyl (C=O) groups is 2. The van der Waals surface area contributed by atoms with E-state index in [1.165, 1.54) is 0 Å². The second kappa shape index (κ2) is 9.33. The molecule has 0 aliphatic carbocycles.